The van der Waals surface area contributed by atoms with E-state index < -0.39 is 6.04 Å². The highest BCUT2D eigenvalue weighted by Crippen LogP contribution is 2.34. The highest BCUT2D eigenvalue weighted by atomic mass is 32.4. The Hall–Kier alpha value is -4.93. The van der Waals surface area contributed by atoms with E-state index >= 15 is 0 Å². The first-order valence-corrected chi connectivity index (χ1v) is 18.3. The third-order valence-electron chi connectivity index (χ3n) is 6.63. The van der Waals surface area contributed by atoms with Crippen molar-refractivity contribution in [3.63, 3.8) is 0 Å². The molecule has 1 amide bonds. The lowest BCUT2D eigenvalue weighted by atomic mass is 10.1. The van der Waals surface area contributed by atoms with Gasteiger partial charge < -0.3 is 31.4 Å². The molecule has 262 valence electrons. The lowest BCUT2D eigenvalue weighted by molar-refractivity contribution is -0.148. The fraction of sp³-hybridized carbons (Fsp3) is 0.158. The Bertz CT molecular complexity index is 1940. The second kappa shape index (κ2) is 20.6. The number of anilines is 1. The molecule has 5 aromatic rings. The van der Waals surface area contributed by atoms with Crippen LogP contribution in [0.2, 0.25) is 0 Å². The Kier molecular flexibility index (Phi) is 16.2. The molecule has 6 N–H and O–H groups in total. The monoisotopic (exact) mass is 729 g/mol. The fourth-order valence-electron chi connectivity index (χ4n) is 4.25. The SMILES string of the molecule is CC(C)OC(=O)[C@H](C)N.CNC(=O)c1ccccc1Sc1ccc(C(=N)/C=C/c2ccccn2)c(NP=S)c1.Oc1cccc2ccccc12.[HH].[HH]. The van der Waals surface area contributed by atoms with Gasteiger partial charge in [0.2, 0.25) is 0 Å². The molecule has 0 unspecified atom stereocenters. The largest absolute Gasteiger partial charge is 0.507 e. The van der Waals surface area contributed by atoms with Crippen molar-refractivity contribution in [2.75, 3.05) is 12.1 Å². The lowest BCUT2D eigenvalue weighted by Crippen LogP contribution is -2.30. The molecule has 0 saturated carbocycles. The zero-order valence-electron chi connectivity index (χ0n) is 28.2. The molecule has 1 aromatic heterocycles. The van der Waals surface area contributed by atoms with E-state index in [0.29, 0.717) is 24.5 Å². The van der Waals surface area contributed by atoms with Crippen molar-refractivity contribution >= 4 is 71.2 Å². The molecule has 0 fully saturated rings. The van der Waals surface area contributed by atoms with Gasteiger partial charge in [-0.2, -0.15) is 0 Å². The van der Waals surface area contributed by atoms with Gasteiger partial charge in [-0.05, 0) is 98.6 Å². The Morgan fingerprint density at radius 3 is 2.32 bits per heavy atom. The normalized spacial score (nSPS) is 11.2. The van der Waals surface area contributed by atoms with Gasteiger partial charge in [0.1, 0.15) is 11.8 Å². The van der Waals surface area contributed by atoms with Crippen LogP contribution in [0.4, 0.5) is 5.69 Å². The number of ether oxygens (including phenoxy) is 1. The number of aromatic hydroxyl groups is 1. The van der Waals surface area contributed by atoms with Crippen LogP contribution in [0.25, 0.3) is 16.8 Å². The number of phenols is 1. The number of nitrogens with two attached hydrogens (primary N) is 1. The van der Waals surface area contributed by atoms with Gasteiger partial charge >= 0.3 is 5.97 Å². The molecule has 0 aliphatic carbocycles. The smallest absolute Gasteiger partial charge is 0.322 e. The molecule has 50 heavy (non-hydrogen) atoms. The summed E-state index contributed by atoms with van der Waals surface area (Å²) < 4.78 is 4.75. The van der Waals surface area contributed by atoms with Gasteiger partial charge in [-0.15, -0.1) is 0 Å². The van der Waals surface area contributed by atoms with Crippen molar-refractivity contribution in [3.05, 3.63) is 132 Å². The summed E-state index contributed by atoms with van der Waals surface area (Å²) in [7, 11) is 2.19. The Morgan fingerprint density at radius 2 is 1.68 bits per heavy atom. The first-order chi connectivity index (χ1) is 24.0. The van der Waals surface area contributed by atoms with Crippen LogP contribution in [0.1, 0.15) is 45.2 Å². The number of carbonyl (C=O) groups excluding carboxylic acids is 2. The van der Waals surface area contributed by atoms with Crippen LogP contribution in [0.5, 0.6) is 5.75 Å². The minimum Gasteiger partial charge on any atom is -0.507 e. The third kappa shape index (κ3) is 12.5. The highest BCUT2D eigenvalue weighted by molar-refractivity contribution is 7.99. The number of pyridine rings is 1. The minimum absolute atomic E-state index is 0. The second-order valence-electron chi connectivity index (χ2n) is 10.9. The number of esters is 1. The number of phenolic OH excluding ortho intramolecular Hbond substituents is 1. The summed E-state index contributed by atoms with van der Waals surface area (Å²) in [5.74, 6) is -0.119. The van der Waals surface area contributed by atoms with Gasteiger partial charge in [0.05, 0.1) is 36.3 Å². The van der Waals surface area contributed by atoms with Crippen molar-refractivity contribution in [1.82, 2.24) is 10.3 Å². The van der Waals surface area contributed by atoms with Gasteiger partial charge in [0.25, 0.3) is 5.91 Å². The summed E-state index contributed by atoms with van der Waals surface area (Å²) in [6, 6.07) is 31.7. The predicted octanol–water partition coefficient (Wildman–Crippen LogP) is 8.73. The van der Waals surface area contributed by atoms with Crippen LogP contribution in [-0.2, 0) is 21.3 Å². The van der Waals surface area contributed by atoms with Crippen molar-refractivity contribution in [2.24, 2.45) is 5.73 Å². The number of aromatic nitrogens is 1. The van der Waals surface area contributed by atoms with Gasteiger partial charge in [-0.3, -0.25) is 14.6 Å². The number of carbonyl (C=O) groups is 2. The molecule has 4 aromatic carbocycles. The lowest BCUT2D eigenvalue weighted by Gasteiger charge is -2.12. The highest BCUT2D eigenvalue weighted by Gasteiger charge is 2.13. The molecule has 0 spiro atoms. The van der Waals surface area contributed by atoms with Gasteiger partial charge in [-0.25, -0.2) is 0 Å². The number of rotatable bonds is 10. The molecule has 12 heteroatoms. The van der Waals surface area contributed by atoms with E-state index in [4.69, 9.17) is 27.7 Å². The van der Waals surface area contributed by atoms with Crippen LogP contribution >= 0.6 is 19.3 Å². The maximum atomic E-state index is 12.1. The Morgan fingerprint density at radius 1 is 0.980 bits per heavy atom. The number of hydrogen-bond donors (Lipinski definition) is 5. The van der Waals surface area contributed by atoms with Gasteiger partial charge in [0.15, 0.2) is 0 Å². The average molecular weight is 730 g/mol. The minimum atomic E-state index is -0.507. The molecular formula is C38H44N5O4PS2. The zero-order valence-corrected chi connectivity index (χ0v) is 30.7. The van der Waals surface area contributed by atoms with Crippen LogP contribution < -0.4 is 16.1 Å². The van der Waals surface area contributed by atoms with E-state index in [1.54, 1.807) is 58.3 Å². The standard InChI is InChI=1S/C22H19N4OPS2.C10H8O.C6H13NO2.2H2/c1-24-22(27)18-7-2-3-8-21(18)30-16-10-11-17(20(14-16)26-28-29)19(23)12-9-15-6-4-5-13-25-15;11-10-7-3-5-8-4-1-2-6-9(8)10;1-4(2)9-6(8)5(3)7;;/h2-14,23H,1H3,(H,24,27)(H,26,29);1-7,11H;4-5H,7H2,1-3H3;2*1H/b12-9+,23-19?;;;;/t;;5-;;/m..0../s1. The Balaban J connectivity index is 0.000000503. The summed E-state index contributed by atoms with van der Waals surface area (Å²) >= 11 is 6.56. The summed E-state index contributed by atoms with van der Waals surface area (Å²) in [6.45, 7) is 5.19. The quantitative estimate of drug-likeness (QED) is 0.0540. The van der Waals surface area contributed by atoms with Crippen LogP contribution in [0.15, 0.2) is 125 Å². The van der Waals surface area contributed by atoms with E-state index in [2.05, 4.69) is 15.4 Å². The van der Waals surface area contributed by atoms with E-state index in [0.717, 1.165) is 37.5 Å². The third-order valence-corrected chi connectivity index (χ3v) is 8.30. The summed E-state index contributed by atoms with van der Waals surface area (Å²) in [4.78, 5) is 28.8. The second-order valence-corrected chi connectivity index (χ2v) is 12.9. The molecule has 0 aliphatic heterocycles. The van der Waals surface area contributed by atoms with E-state index in [1.165, 1.54) is 11.8 Å². The van der Waals surface area contributed by atoms with Crippen LogP contribution in [-0.4, -0.2) is 46.9 Å². The average Bonchev–Trinajstić information content (AvgIpc) is 3.12. The maximum Gasteiger partial charge on any atom is 0.322 e. The summed E-state index contributed by atoms with van der Waals surface area (Å²) in [6.07, 6.45) is 5.18. The molecule has 0 bridgehead atoms. The number of nitrogens with zero attached hydrogens (tertiary/aromatic N) is 1. The van der Waals surface area contributed by atoms with Gasteiger partial charge in [0, 0.05) is 36.8 Å². The first kappa shape index (κ1) is 39.5. The molecule has 0 radical (unpaired) electrons. The molecule has 0 aliphatic rings. The van der Waals surface area contributed by atoms with Crippen molar-refractivity contribution in [1.29, 1.82) is 5.41 Å². The van der Waals surface area contributed by atoms with Gasteiger partial charge in [-0.1, -0.05) is 66.4 Å². The van der Waals surface area contributed by atoms with Crippen molar-refractivity contribution in [3.8, 4) is 5.75 Å². The van der Waals surface area contributed by atoms with E-state index in [9.17, 15) is 14.7 Å². The molecule has 1 atom stereocenters. The molecular weight excluding hydrogens is 686 g/mol. The summed E-state index contributed by atoms with van der Waals surface area (Å²) in [5, 5.41) is 25.6. The number of amides is 1. The zero-order chi connectivity index (χ0) is 36.5. The number of benzene rings is 4. The van der Waals surface area contributed by atoms with Crippen LogP contribution in [0, 0.1) is 5.41 Å². The fourth-order valence-corrected chi connectivity index (χ4v) is 5.81. The summed E-state index contributed by atoms with van der Waals surface area (Å²) in [5.41, 5.74) is 8.48. The topological polar surface area (TPSA) is 150 Å². The molecule has 5 rings (SSSR count). The first-order valence-electron chi connectivity index (χ1n) is 15.6. The maximum absolute atomic E-state index is 12.1. The number of fused-ring (bicyclic) bond motifs is 1. The number of hydrogen-bond acceptors (Lipinski definition) is 9. The molecule has 0 saturated heterocycles. The predicted molar refractivity (Wildman–Crippen MR) is 213 cm³/mol. The molecule has 1 heterocycles. The van der Waals surface area contributed by atoms with Crippen molar-refractivity contribution < 1.29 is 22.3 Å². The van der Waals surface area contributed by atoms with E-state index in [-0.39, 0.29) is 20.8 Å². The van der Waals surface area contributed by atoms with Crippen LogP contribution in [0.3, 0.4) is 0 Å². The molecule has 9 nitrogen and oxygen atoms in total. The van der Waals surface area contributed by atoms with Crippen molar-refractivity contribution in [2.45, 2.75) is 42.7 Å². The van der Waals surface area contributed by atoms with E-state index in [1.807, 2.05) is 91.0 Å². The number of nitrogens with one attached hydrogen (secondary N) is 3. The number of allylic oxidation sites excluding steroid dienone is 1. The Labute approximate surface area is 306 Å².